The Morgan fingerprint density at radius 3 is 0.800 bits per heavy atom. The number of phosphoric acid groups is 2. The first kappa shape index (κ1) is 96.5. The van der Waals surface area contributed by atoms with E-state index < -0.39 is 97.5 Å². The minimum absolute atomic E-state index is 0.0756. The number of phosphoric ester groups is 2. The fourth-order valence-electron chi connectivity index (χ4n) is 11.1. The first-order chi connectivity index (χ1) is 48.7. The molecule has 3 N–H and O–H groups in total. The van der Waals surface area contributed by atoms with Crippen LogP contribution in [0.4, 0.5) is 0 Å². The lowest BCUT2D eigenvalue weighted by atomic mass is 10.0. The van der Waals surface area contributed by atoms with Crippen LogP contribution in [0.15, 0.2) is 72.9 Å². The monoisotopic (exact) mass is 1450 g/mol. The lowest BCUT2D eigenvalue weighted by molar-refractivity contribution is -0.161. The van der Waals surface area contributed by atoms with E-state index in [2.05, 4.69) is 101 Å². The van der Waals surface area contributed by atoms with Crippen LogP contribution in [0.2, 0.25) is 0 Å². The van der Waals surface area contributed by atoms with E-state index in [9.17, 15) is 43.2 Å². The molecule has 0 radical (unpaired) electrons. The average molecular weight is 1450 g/mol. The lowest BCUT2D eigenvalue weighted by Gasteiger charge is -2.21. The predicted octanol–water partition coefficient (Wildman–Crippen LogP) is 23.2. The van der Waals surface area contributed by atoms with Gasteiger partial charge in [0.25, 0.3) is 0 Å². The predicted molar refractivity (Wildman–Crippen MR) is 409 cm³/mol. The van der Waals surface area contributed by atoms with Crippen LogP contribution in [-0.4, -0.2) is 96.7 Å². The van der Waals surface area contributed by atoms with Crippen LogP contribution >= 0.6 is 15.6 Å². The summed E-state index contributed by atoms with van der Waals surface area (Å²) in [6.07, 6.45) is 74.4. The summed E-state index contributed by atoms with van der Waals surface area (Å²) in [6, 6.07) is 0. The zero-order valence-corrected chi connectivity index (χ0v) is 65.4. The normalized spacial score (nSPS) is 14.3. The maximum absolute atomic E-state index is 13.1. The molecular formula is C81H146O17P2. The van der Waals surface area contributed by atoms with Gasteiger partial charge in [-0.25, -0.2) is 9.13 Å². The number of aliphatic hydroxyl groups is 1. The zero-order valence-electron chi connectivity index (χ0n) is 63.6. The Bertz CT molecular complexity index is 2180. The molecule has 100 heavy (non-hydrogen) atoms. The number of allylic oxidation sites excluding steroid dienone is 12. The Hall–Kier alpha value is -3.50. The fourth-order valence-corrected chi connectivity index (χ4v) is 12.7. The van der Waals surface area contributed by atoms with Crippen molar-refractivity contribution in [3.8, 4) is 0 Å². The van der Waals surface area contributed by atoms with Crippen molar-refractivity contribution in [1.29, 1.82) is 0 Å². The SMILES string of the molecule is CC/C=C\C/C=C\C/C=C\CCCCCCCCCC(=O)OCC(COP(=O)(O)OCC(O)COP(=O)(O)OCC(COC(=O)CCCCCCCCCCCCCCCCC)OC(=O)CCCCCCCCCCCCCCC)OC(=O)CCCCCCC/C=C\C/C=C\C/C=C\CC. The van der Waals surface area contributed by atoms with Crippen molar-refractivity contribution in [2.24, 2.45) is 0 Å². The van der Waals surface area contributed by atoms with E-state index in [0.717, 1.165) is 161 Å². The molecule has 0 heterocycles. The molecule has 5 unspecified atom stereocenters. The van der Waals surface area contributed by atoms with Crippen LogP contribution in [-0.2, 0) is 65.4 Å². The molecule has 17 nitrogen and oxygen atoms in total. The highest BCUT2D eigenvalue weighted by Gasteiger charge is 2.30. The number of hydrogen-bond acceptors (Lipinski definition) is 15. The Morgan fingerprint density at radius 1 is 0.290 bits per heavy atom. The Balaban J connectivity index is 5.33. The highest BCUT2D eigenvalue weighted by atomic mass is 31.2. The number of carbonyl (C=O) groups is 4. The summed E-state index contributed by atoms with van der Waals surface area (Å²) >= 11 is 0. The standard InChI is InChI=1S/C81H146O17P2/c1-5-9-13-17-21-25-29-33-36-37-40-43-46-50-54-58-62-66-79(84)92-72-77(98-81(86)68-64-60-56-52-48-44-39-35-31-27-23-19-15-11-7-3)74-96-100(89,90)94-70-75(82)69-93-99(87,88)95-73-76(97-80(85)67-63-59-55-51-47-41-32-28-24-20-16-12-8-4)71-91-78(83)65-61-57-53-49-45-42-38-34-30-26-22-18-14-10-6-2/h9,11,13,15,21,23,25,27,33,35-36,39,75-77,82H,5-8,10,12,14,16-20,22,24,26,28-32,34,37-38,40-74H2,1-4H3,(H,87,88)(H,89,90)/b13-9-,15-11-,25-21-,27-23-,36-33-,39-35-. The molecule has 0 aliphatic carbocycles. The molecule has 0 amide bonds. The molecule has 0 rings (SSSR count). The van der Waals surface area contributed by atoms with Crippen molar-refractivity contribution in [3.05, 3.63) is 72.9 Å². The van der Waals surface area contributed by atoms with Crippen LogP contribution in [0.5, 0.6) is 0 Å². The molecule has 0 aromatic carbocycles. The van der Waals surface area contributed by atoms with Crippen LogP contribution in [0.1, 0.15) is 362 Å². The van der Waals surface area contributed by atoms with E-state index in [1.165, 1.54) is 122 Å². The van der Waals surface area contributed by atoms with Crippen molar-refractivity contribution in [1.82, 2.24) is 0 Å². The number of unbranched alkanes of at least 4 members (excludes halogenated alkanes) is 38. The van der Waals surface area contributed by atoms with E-state index in [-0.39, 0.29) is 25.7 Å². The van der Waals surface area contributed by atoms with Gasteiger partial charge in [-0.1, -0.05) is 319 Å². The second kappa shape index (κ2) is 73.8. The molecule has 19 heteroatoms. The minimum Gasteiger partial charge on any atom is -0.462 e. The van der Waals surface area contributed by atoms with Crippen LogP contribution in [0.3, 0.4) is 0 Å². The number of esters is 4. The third-order valence-corrected chi connectivity index (χ3v) is 19.1. The fraction of sp³-hybridized carbons (Fsp3) is 0.802. The molecule has 0 fully saturated rings. The molecule has 0 spiro atoms. The highest BCUT2D eigenvalue weighted by molar-refractivity contribution is 7.47. The Morgan fingerprint density at radius 2 is 0.520 bits per heavy atom. The Kier molecular flexibility index (Phi) is 71.2. The van der Waals surface area contributed by atoms with Crippen molar-refractivity contribution >= 4 is 39.5 Å². The van der Waals surface area contributed by atoms with Crippen molar-refractivity contribution in [3.63, 3.8) is 0 Å². The van der Waals surface area contributed by atoms with Gasteiger partial charge in [0.1, 0.15) is 19.3 Å². The topological polar surface area (TPSA) is 237 Å². The van der Waals surface area contributed by atoms with Gasteiger partial charge in [-0.05, 0) is 89.9 Å². The smallest absolute Gasteiger partial charge is 0.462 e. The average Bonchev–Trinajstić information content (AvgIpc) is 1.06. The van der Waals surface area contributed by atoms with Gasteiger partial charge in [-0.3, -0.25) is 37.3 Å². The van der Waals surface area contributed by atoms with Gasteiger partial charge in [0.05, 0.1) is 26.4 Å². The van der Waals surface area contributed by atoms with Gasteiger partial charge in [0.15, 0.2) is 12.2 Å². The number of rotatable bonds is 76. The summed E-state index contributed by atoms with van der Waals surface area (Å²) < 4.78 is 68.6. The van der Waals surface area contributed by atoms with Gasteiger partial charge in [0, 0.05) is 25.7 Å². The number of aliphatic hydroxyl groups excluding tert-OH is 1. The summed E-state index contributed by atoms with van der Waals surface area (Å²) in [5.41, 5.74) is 0. The van der Waals surface area contributed by atoms with Gasteiger partial charge >= 0.3 is 39.5 Å². The van der Waals surface area contributed by atoms with E-state index in [1.807, 2.05) is 0 Å². The summed E-state index contributed by atoms with van der Waals surface area (Å²) in [7, 11) is -9.95. The summed E-state index contributed by atoms with van der Waals surface area (Å²) in [5, 5.41) is 10.6. The molecule has 0 aromatic heterocycles. The van der Waals surface area contributed by atoms with Crippen molar-refractivity contribution in [2.75, 3.05) is 39.6 Å². The van der Waals surface area contributed by atoms with E-state index in [1.54, 1.807) is 0 Å². The molecule has 0 aliphatic rings. The first-order valence-electron chi connectivity index (χ1n) is 40.2. The molecule has 0 bridgehead atoms. The quantitative estimate of drug-likeness (QED) is 0.0169. The number of carbonyl (C=O) groups excluding carboxylic acids is 4. The van der Waals surface area contributed by atoms with E-state index >= 15 is 0 Å². The summed E-state index contributed by atoms with van der Waals surface area (Å²) in [6.45, 7) is 4.70. The van der Waals surface area contributed by atoms with Gasteiger partial charge in [0.2, 0.25) is 0 Å². The highest BCUT2D eigenvalue weighted by Crippen LogP contribution is 2.45. The molecule has 5 atom stereocenters. The van der Waals surface area contributed by atoms with Crippen LogP contribution < -0.4 is 0 Å². The third-order valence-electron chi connectivity index (χ3n) is 17.2. The second-order valence-electron chi connectivity index (χ2n) is 27.0. The second-order valence-corrected chi connectivity index (χ2v) is 29.9. The molecular weight excluding hydrogens is 1310 g/mol. The first-order valence-corrected chi connectivity index (χ1v) is 43.2. The Labute approximate surface area is 609 Å². The maximum atomic E-state index is 13.1. The van der Waals surface area contributed by atoms with E-state index in [4.69, 9.17) is 37.0 Å². The molecule has 0 saturated carbocycles. The van der Waals surface area contributed by atoms with Crippen molar-refractivity contribution in [2.45, 2.75) is 380 Å². The molecule has 582 valence electrons. The van der Waals surface area contributed by atoms with Gasteiger partial charge in [-0.15, -0.1) is 0 Å². The van der Waals surface area contributed by atoms with E-state index in [0.29, 0.717) is 25.7 Å². The zero-order chi connectivity index (χ0) is 73.2. The largest absolute Gasteiger partial charge is 0.472 e. The number of ether oxygens (including phenoxy) is 4. The maximum Gasteiger partial charge on any atom is 0.472 e. The van der Waals surface area contributed by atoms with Crippen LogP contribution in [0, 0.1) is 0 Å². The molecule has 0 aromatic rings. The van der Waals surface area contributed by atoms with Gasteiger partial charge < -0.3 is 33.8 Å². The minimum atomic E-state index is -4.98. The number of hydrogen-bond donors (Lipinski definition) is 3. The summed E-state index contributed by atoms with van der Waals surface area (Å²) in [4.78, 5) is 73.0. The molecule has 0 saturated heterocycles. The third kappa shape index (κ3) is 72.8. The van der Waals surface area contributed by atoms with Gasteiger partial charge in [-0.2, -0.15) is 0 Å². The van der Waals surface area contributed by atoms with Crippen molar-refractivity contribution < 1.29 is 80.2 Å². The molecule has 0 aliphatic heterocycles. The van der Waals surface area contributed by atoms with Crippen LogP contribution in [0.25, 0.3) is 0 Å². The lowest BCUT2D eigenvalue weighted by Crippen LogP contribution is -2.30. The summed E-state index contributed by atoms with van der Waals surface area (Å²) in [5.74, 6) is -2.17.